The normalized spacial score (nSPS) is 18.9. The van der Waals surface area contributed by atoms with Gasteiger partial charge in [0.25, 0.3) is 0 Å². The Balaban J connectivity index is 2.18. The van der Waals surface area contributed by atoms with Crippen molar-refractivity contribution in [2.24, 2.45) is 5.92 Å². The van der Waals surface area contributed by atoms with Gasteiger partial charge in [0, 0.05) is 18.7 Å². The zero-order chi connectivity index (χ0) is 17.3. The molecular formula is C17H22N2O4. The van der Waals surface area contributed by atoms with E-state index in [9.17, 15) is 14.4 Å². The number of carbonyl (C=O) groups excluding carboxylic acids is 2. The van der Waals surface area contributed by atoms with E-state index in [0.717, 1.165) is 22.4 Å². The zero-order valence-corrected chi connectivity index (χ0v) is 13.8. The fourth-order valence-corrected chi connectivity index (χ4v) is 3.09. The second-order valence-electron chi connectivity index (χ2n) is 6.22. The van der Waals surface area contributed by atoms with Crippen LogP contribution < -0.4 is 10.2 Å². The van der Waals surface area contributed by atoms with E-state index < -0.39 is 23.8 Å². The van der Waals surface area contributed by atoms with Crippen LogP contribution in [0.25, 0.3) is 0 Å². The molecule has 6 nitrogen and oxygen atoms in total. The fraction of sp³-hybridized carbons (Fsp3) is 0.471. The van der Waals surface area contributed by atoms with Gasteiger partial charge in [-0.3, -0.25) is 14.4 Å². The highest BCUT2D eigenvalue weighted by Crippen LogP contribution is 2.31. The topological polar surface area (TPSA) is 86.7 Å². The lowest BCUT2D eigenvalue weighted by Crippen LogP contribution is -2.42. The molecule has 2 amide bonds. The summed E-state index contributed by atoms with van der Waals surface area (Å²) in [6.45, 7) is 7.58. The van der Waals surface area contributed by atoms with Crippen molar-refractivity contribution in [3.63, 3.8) is 0 Å². The number of anilines is 1. The van der Waals surface area contributed by atoms with Crippen LogP contribution >= 0.6 is 0 Å². The van der Waals surface area contributed by atoms with Gasteiger partial charge in [0.15, 0.2) is 0 Å². The number of hydrogen-bond acceptors (Lipinski definition) is 3. The molecule has 1 aliphatic rings. The van der Waals surface area contributed by atoms with Gasteiger partial charge in [-0.05, 0) is 38.8 Å². The maximum Gasteiger partial charge on any atom is 0.325 e. The maximum absolute atomic E-state index is 12.3. The highest BCUT2D eigenvalue weighted by atomic mass is 16.4. The van der Waals surface area contributed by atoms with E-state index in [1.54, 1.807) is 4.90 Å². The number of hydrogen-bond donors (Lipinski definition) is 2. The Kier molecular flexibility index (Phi) is 4.73. The number of aryl methyl sites for hydroxylation is 3. The van der Waals surface area contributed by atoms with Gasteiger partial charge in [-0.1, -0.05) is 17.7 Å². The number of aliphatic carboxylic acids is 1. The predicted molar refractivity (Wildman–Crippen MR) is 86.4 cm³/mol. The molecule has 0 spiro atoms. The number of amides is 2. The number of carboxylic acid groups (broad SMARTS) is 1. The Morgan fingerprint density at radius 2 is 1.83 bits per heavy atom. The van der Waals surface area contributed by atoms with Gasteiger partial charge >= 0.3 is 5.97 Å². The number of rotatable bonds is 4. The number of carbonyl (C=O) groups is 3. The largest absolute Gasteiger partial charge is 0.480 e. The summed E-state index contributed by atoms with van der Waals surface area (Å²) >= 11 is 0. The molecule has 0 radical (unpaired) electrons. The average Bonchev–Trinajstić information content (AvgIpc) is 2.79. The van der Waals surface area contributed by atoms with Crippen LogP contribution in [0.2, 0.25) is 0 Å². The molecule has 1 saturated heterocycles. The standard InChI is InChI=1S/C17H22N2O4/c1-9-5-10(2)15(11(3)6-9)19-8-13(7-14(19)20)16(21)18-12(4)17(22)23/h5-6,12-13H,7-8H2,1-4H3,(H,18,21)(H,22,23)/t12-,13-/m0/s1. The minimum atomic E-state index is -1.09. The van der Waals surface area contributed by atoms with Gasteiger partial charge in [0.2, 0.25) is 11.8 Å². The molecular weight excluding hydrogens is 296 g/mol. The van der Waals surface area contributed by atoms with E-state index in [1.807, 2.05) is 32.9 Å². The second kappa shape index (κ2) is 6.40. The predicted octanol–water partition coefficient (Wildman–Crippen LogP) is 1.55. The molecule has 2 atom stereocenters. The van der Waals surface area contributed by atoms with Crippen molar-refractivity contribution in [2.75, 3.05) is 11.4 Å². The Labute approximate surface area is 135 Å². The Morgan fingerprint density at radius 3 is 2.35 bits per heavy atom. The van der Waals surface area contributed by atoms with Crippen LogP contribution in [0.4, 0.5) is 5.69 Å². The number of carboxylic acids is 1. The van der Waals surface area contributed by atoms with Crippen molar-refractivity contribution >= 4 is 23.5 Å². The molecule has 0 bridgehead atoms. The summed E-state index contributed by atoms with van der Waals surface area (Å²) in [5.41, 5.74) is 3.97. The van der Waals surface area contributed by atoms with Gasteiger partial charge < -0.3 is 15.3 Å². The molecule has 1 aliphatic heterocycles. The van der Waals surface area contributed by atoms with Crippen LogP contribution in [0.3, 0.4) is 0 Å². The first-order valence-corrected chi connectivity index (χ1v) is 7.62. The van der Waals surface area contributed by atoms with E-state index in [2.05, 4.69) is 5.32 Å². The Hall–Kier alpha value is -2.37. The number of nitrogens with one attached hydrogen (secondary N) is 1. The highest BCUT2D eigenvalue weighted by Gasteiger charge is 2.37. The van der Waals surface area contributed by atoms with Crippen molar-refractivity contribution in [2.45, 2.75) is 40.2 Å². The van der Waals surface area contributed by atoms with Crippen LogP contribution in [-0.2, 0) is 14.4 Å². The fourth-order valence-electron chi connectivity index (χ4n) is 3.09. The summed E-state index contributed by atoms with van der Waals surface area (Å²) in [4.78, 5) is 36.9. The Bertz CT molecular complexity index is 646. The molecule has 0 aliphatic carbocycles. The monoisotopic (exact) mass is 318 g/mol. The number of nitrogens with zero attached hydrogens (tertiary/aromatic N) is 1. The van der Waals surface area contributed by atoms with Crippen molar-refractivity contribution in [1.29, 1.82) is 0 Å². The molecule has 6 heteroatoms. The van der Waals surface area contributed by atoms with Gasteiger partial charge in [-0.2, -0.15) is 0 Å². The third-order valence-electron chi connectivity index (χ3n) is 4.13. The summed E-state index contributed by atoms with van der Waals surface area (Å²) < 4.78 is 0. The molecule has 2 N–H and O–H groups in total. The molecule has 0 aromatic heterocycles. The molecule has 1 aromatic rings. The summed E-state index contributed by atoms with van der Waals surface area (Å²) in [7, 11) is 0. The van der Waals surface area contributed by atoms with Gasteiger partial charge in [-0.15, -0.1) is 0 Å². The van der Waals surface area contributed by atoms with Crippen molar-refractivity contribution in [3.05, 3.63) is 28.8 Å². The van der Waals surface area contributed by atoms with Crippen LogP contribution in [-0.4, -0.2) is 35.5 Å². The minimum absolute atomic E-state index is 0.102. The first-order valence-electron chi connectivity index (χ1n) is 7.62. The third-order valence-corrected chi connectivity index (χ3v) is 4.13. The van der Waals surface area contributed by atoms with E-state index in [4.69, 9.17) is 5.11 Å². The zero-order valence-electron chi connectivity index (χ0n) is 13.8. The summed E-state index contributed by atoms with van der Waals surface area (Å²) in [6, 6.07) is 3.06. The van der Waals surface area contributed by atoms with Gasteiger partial charge in [0.1, 0.15) is 6.04 Å². The smallest absolute Gasteiger partial charge is 0.325 e. The first kappa shape index (κ1) is 17.0. The number of benzene rings is 1. The Morgan fingerprint density at radius 1 is 1.26 bits per heavy atom. The van der Waals surface area contributed by atoms with E-state index in [0.29, 0.717) is 0 Å². The van der Waals surface area contributed by atoms with Crippen molar-refractivity contribution in [3.8, 4) is 0 Å². The third kappa shape index (κ3) is 3.52. The first-order chi connectivity index (χ1) is 10.7. The van der Waals surface area contributed by atoms with Crippen LogP contribution in [0.5, 0.6) is 0 Å². The SMILES string of the molecule is Cc1cc(C)c(N2C[C@@H](C(=O)N[C@@H](C)C(=O)O)CC2=O)c(C)c1. The van der Waals surface area contributed by atoms with Crippen molar-refractivity contribution < 1.29 is 19.5 Å². The molecule has 0 saturated carbocycles. The molecule has 23 heavy (non-hydrogen) atoms. The molecule has 2 rings (SSSR count). The van der Waals surface area contributed by atoms with Gasteiger partial charge in [0.05, 0.1) is 5.92 Å². The lowest BCUT2D eigenvalue weighted by atomic mass is 10.0. The van der Waals surface area contributed by atoms with Crippen molar-refractivity contribution in [1.82, 2.24) is 5.32 Å². The van der Waals surface area contributed by atoms with E-state index in [1.165, 1.54) is 6.92 Å². The quantitative estimate of drug-likeness (QED) is 0.882. The average molecular weight is 318 g/mol. The molecule has 1 fully saturated rings. The van der Waals surface area contributed by atoms with E-state index in [-0.39, 0.29) is 18.9 Å². The summed E-state index contributed by atoms with van der Waals surface area (Å²) in [5.74, 6) is -2.12. The minimum Gasteiger partial charge on any atom is -0.480 e. The van der Waals surface area contributed by atoms with Gasteiger partial charge in [-0.25, -0.2) is 0 Å². The summed E-state index contributed by atoms with van der Waals surface area (Å²) in [5, 5.41) is 11.3. The van der Waals surface area contributed by atoms with Crippen LogP contribution in [0.1, 0.15) is 30.0 Å². The van der Waals surface area contributed by atoms with Crippen LogP contribution in [0.15, 0.2) is 12.1 Å². The molecule has 124 valence electrons. The molecule has 0 unspecified atom stereocenters. The lowest BCUT2D eigenvalue weighted by molar-refractivity contribution is -0.141. The summed E-state index contributed by atoms with van der Waals surface area (Å²) in [6.07, 6.45) is 0.102. The van der Waals surface area contributed by atoms with Crippen LogP contribution in [0, 0.1) is 26.7 Å². The highest BCUT2D eigenvalue weighted by molar-refractivity contribution is 6.01. The molecule has 1 aromatic carbocycles. The van der Waals surface area contributed by atoms with E-state index >= 15 is 0 Å². The lowest BCUT2D eigenvalue weighted by Gasteiger charge is -2.22. The maximum atomic E-state index is 12.3. The second-order valence-corrected chi connectivity index (χ2v) is 6.22. The molecule has 1 heterocycles.